The van der Waals surface area contributed by atoms with E-state index in [9.17, 15) is 40.7 Å². The summed E-state index contributed by atoms with van der Waals surface area (Å²) in [6.45, 7) is 5.50. The van der Waals surface area contributed by atoms with Gasteiger partial charge in [-0.25, -0.2) is 0 Å². The average molecular weight is 855 g/mol. The van der Waals surface area contributed by atoms with Crippen LogP contribution in [-0.2, 0) is 23.9 Å². The highest BCUT2D eigenvalue weighted by Gasteiger charge is 2.74. The molecule has 61 heavy (non-hydrogen) atoms. The van der Waals surface area contributed by atoms with Gasteiger partial charge in [-0.1, -0.05) is 30.3 Å². The van der Waals surface area contributed by atoms with Crippen molar-refractivity contribution in [2.45, 2.75) is 124 Å². The number of esters is 3. The van der Waals surface area contributed by atoms with Gasteiger partial charge < -0.3 is 14.2 Å². The largest absolute Gasteiger partial charge is 0.464 e. The molecule has 2 spiro atoms. The Morgan fingerprint density at radius 2 is 1.21 bits per heavy atom. The van der Waals surface area contributed by atoms with E-state index < -0.39 is 59.0 Å². The first-order valence-corrected chi connectivity index (χ1v) is 22.1. The predicted molar refractivity (Wildman–Crippen MR) is 216 cm³/mol. The van der Waals surface area contributed by atoms with Crippen molar-refractivity contribution in [3.63, 3.8) is 0 Å². The molecule has 9 rings (SSSR count). The molecule has 0 amide bonds. The minimum absolute atomic E-state index is 0.113. The lowest BCUT2D eigenvalue weighted by molar-refractivity contribution is -0.293. The van der Waals surface area contributed by atoms with Gasteiger partial charge in [0.05, 0.1) is 16.2 Å². The third-order valence-corrected chi connectivity index (χ3v) is 16.8. The Hall–Kier alpha value is -3.83. The predicted octanol–water partition coefficient (Wildman–Crippen LogP) is 12.2. The zero-order chi connectivity index (χ0) is 43.7. The molecule has 4 bridgehead atoms. The summed E-state index contributed by atoms with van der Waals surface area (Å²) in [6, 6.07) is 17.2. The molecule has 6 nitrogen and oxygen atoms in total. The van der Waals surface area contributed by atoms with Crippen LogP contribution in [0.5, 0.6) is 5.75 Å². The van der Waals surface area contributed by atoms with Crippen molar-refractivity contribution in [3.8, 4) is 5.75 Å². The van der Waals surface area contributed by atoms with E-state index in [4.69, 9.17) is 14.2 Å². The number of ether oxygens (including phenoxy) is 3. The summed E-state index contributed by atoms with van der Waals surface area (Å²) in [7, 11) is 0. The number of carbonyl (C=O) groups excluding carboxylic acids is 3. The Morgan fingerprint density at radius 1 is 0.639 bits per heavy atom. The van der Waals surface area contributed by atoms with E-state index in [2.05, 4.69) is 0 Å². The second-order valence-electron chi connectivity index (χ2n) is 21.7. The highest BCUT2D eigenvalue weighted by molar-refractivity contribution is 5.99. The third-order valence-electron chi connectivity index (χ3n) is 16.8. The molecule has 6 saturated carbocycles. The number of hydrogen-bond acceptors (Lipinski definition) is 6. The van der Waals surface area contributed by atoms with Crippen molar-refractivity contribution in [1.82, 2.24) is 0 Å². The van der Waals surface area contributed by atoms with Crippen molar-refractivity contribution in [2.75, 3.05) is 6.61 Å². The van der Waals surface area contributed by atoms with Crippen LogP contribution in [0.4, 0.5) is 26.3 Å². The van der Waals surface area contributed by atoms with E-state index in [1.165, 1.54) is 46.0 Å². The van der Waals surface area contributed by atoms with Crippen LogP contribution in [0.25, 0.3) is 21.5 Å². The quantitative estimate of drug-likeness (QED) is 0.0827. The smallest absolute Gasteiger partial charge is 0.403 e. The van der Waals surface area contributed by atoms with Crippen molar-refractivity contribution in [3.05, 3.63) is 54.6 Å². The fourth-order valence-electron chi connectivity index (χ4n) is 14.7. The van der Waals surface area contributed by atoms with E-state index in [0.29, 0.717) is 17.3 Å². The molecular weight excluding hydrogens is 799 g/mol. The minimum Gasteiger partial charge on any atom is -0.464 e. The van der Waals surface area contributed by atoms with Crippen LogP contribution in [0, 0.1) is 68.5 Å². The summed E-state index contributed by atoms with van der Waals surface area (Å²) in [5.41, 5.74) is -4.16. The highest BCUT2D eigenvalue weighted by Crippen LogP contribution is 2.80. The molecule has 0 aliphatic heterocycles. The first-order chi connectivity index (χ1) is 28.4. The van der Waals surface area contributed by atoms with Gasteiger partial charge in [-0.3, -0.25) is 14.4 Å². The van der Waals surface area contributed by atoms with E-state index in [1.54, 1.807) is 32.9 Å². The van der Waals surface area contributed by atoms with Gasteiger partial charge in [0.1, 0.15) is 18.5 Å². The second-order valence-corrected chi connectivity index (χ2v) is 21.7. The van der Waals surface area contributed by atoms with Gasteiger partial charge in [0.25, 0.3) is 0 Å². The fourth-order valence-corrected chi connectivity index (χ4v) is 14.7. The minimum atomic E-state index is -5.70. The zero-order valence-electron chi connectivity index (χ0n) is 35.5. The van der Waals surface area contributed by atoms with Crippen molar-refractivity contribution >= 4 is 39.5 Å². The fraction of sp³-hybridized carbons (Fsp3) is 0.653. The van der Waals surface area contributed by atoms with Crippen LogP contribution < -0.4 is 4.74 Å². The van der Waals surface area contributed by atoms with Gasteiger partial charge in [-0.2, -0.15) is 26.3 Å². The van der Waals surface area contributed by atoms with Crippen LogP contribution in [0.1, 0.15) is 105 Å². The Bertz CT molecular complexity index is 2250. The Labute approximate surface area is 352 Å². The molecular formula is C49H56F6O6. The van der Waals surface area contributed by atoms with Gasteiger partial charge in [0.2, 0.25) is 0 Å². The third kappa shape index (κ3) is 7.12. The van der Waals surface area contributed by atoms with Crippen LogP contribution in [-0.4, -0.2) is 43.0 Å². The number of halogens is 6. The molecule has 0 radical (unpaired) electrons. The lowest BCUT2D eigenvalue weighted by Crippen LogP contribution is -2.54. The number of alkyl halides is 6. The van der Waals surface area contributed by atoms with Gasteiger partial charge in [-0.15, -0.1) is 0 Å². The number of carbonyl (C=O) groups is 3. The lowest BCUT2D eigenvalue weighted by atomic mass is 9.46. The normalized spacial score (nSPS) is 32.6. The summed E-state index contributed by atoms with van der Waals surface area (Å²) in [5, 5.41) is 3.87. The topological polar surface area (TPSA) is 78.9 Å². The van der Waals surface area contributed by atoms with Crippen LogP contribution in [0.15, 0.2) is 54.6 Å². The number of fused-ring (bicyclic) bond motifs is 6. The first kappa shape index (κ1) is 42.5. The monoisotopic (exact) mass is 854 g/mol. The molecule has 0 heterocycles. The summed E-state index contributed by atoms with van der Waals surface area (Å²) in [5.74, 6) is -2.53. The second kappa shape index (κ2) is 14.1. The van der Waals surface area contributed by atoms with Gasteiger partial charge in [0, 0.05) is 0 Å². The molecule has 330 valence electrons. The van der Waals surface area contributed by atoms with Crippen LogP contribution in [0.3, 0.4) is 0 Å². The Kier molecular flexibility index (Phi) is 9.81. The molecule has 6 aliphatic rings. The van der Waals surface area contributed by atoms with Crippen molar-refractivity contribution in [1.29, 1.82) is 0 Å². The molecule has 3 aromatic carbocycles. The first-order valence-electron chi connectivity index (χ1n) is 22.1. The molecule has 3 aromatic rings. The maximum Gasteiger partial charge on any atom is 0.403 e. The van der Waals surface area contributed by atoms with E-state index in [0.717, 1.165) is 65.0 Å². The van der Waals surface area contributed by atoms with E-state index in [-0.39, 0.29) is 36.0 Å². The maximum absolute atomic E-state index is 14.9. The molecule has 10 unspecified atom stereocenters. The Balaban J connectivity index is 0.960. The van der Waals surface area contributed by atoms with Crippen molar-refractivity contribution < 1.29 is 54.9 Å². The number of benzene rings is 3. The molecule has 6 aliphatic carbocycles. The summed E-state index contributed by atoms with van der Waals surface area (Å²) < 4.78 is 97.7. The summed E-state index contributed by atoms with van der Waals surface area (Å²) >= 11 is 0. The van der Waals surface area contributed by atoms with Gasteiger partial charge in [-0.05, 0) is 197 Å². The van der Waals surface area contributed by atoms with E-state index >= 15 is 0 Å². The SMILES string of the molecule is CC(C)(CC(C)(CC(C)(C)C(=O)Oc1ccc2cc3ccccc3cc2c1)C(=O)OC1CC23CCC4C5CCC6(CCC(C1C2)C3C46)C5)C(=O)OCC(C(F)(F)F)C(F)(F)F. The zero-order valence-corrected chi connectivity index (χ0v) is 35.5. The molecule has 12 heteroatoms. The summed E-state index contributed by atoms with van der Waals surface area (Å²) in [6.07, 6.45) is -1.80. The van der Waals surface area contributed by atoms with E-state index in [1.807, 2.05) is 42.5 Å². The number of hydrogen-bond donors (Lipinski definition) is 0. The lowest BCUT2D eigenvalue weighted by Gasteiger charge is -2.59. The van der Waals surface area contributed by atoms with Crippen LogP contribution >= 0.6 is 0 Å². The van der Waals surface area contributed by atoms with Crippen molar-refractivity contribution in [2.24, 2.45) is 68.5 Å². The highest BCUT2D eigenvalue weighted by atomic mass is 19.4. The van der Waals surface area contributed by atoms with Gasteiger partial charge >= 0.3 is 30.3 Å². The molecule has 0 saturated heterocycles. The average Bonchev–Trinajstić information content (AvgIpc) is 3.92. The Morgan fingerprint density at radius 3 is 1.89 bits per heavy atom. The molecule has 6 fully saturated rings. The standard InChI is InChI=1S/C49H56F6O6/c1-43(2,40(56)59-24-37(48(50,51)52)49(53,54)55)25-45(5,26-44(3,4)41(57)60-32-11-10-29-18-27-8-6-7-9-28(27)19-31(29)20-32)42(58)61-36-23-47-17-13-33-30-12-15-46(21-30)16-14-34(35(36)22-47)39(47)38(33)46/h6-11,18-20,30,33-39H,12-17,21-26H2,1-5H3. The summed E-state index contributed by atoms with van der Waals surface area (Å²) in [4.78, 5) is 42.5. The molecule has 10 atom stereocenters. The number of rotatable bonds is 11. The van der Waals surface area contributed by atoms with Gasteiger partial charge in [0.15, 0.2) is 5.92 Å². The van der Waals surface area contributed by atoms with Crippen LogP contribution in [0.2, 0.25) is 0 Å². The maximum atomic E-state index is 14.9. The molecule has 0 aromatic heterocycles. The molecule has 0 N–H and O–H groups in total.